The van der Waals surface area contributed by atoms with Crippen molar-refractivity contribution in [1.82, 2.24) is 0 Å². The summed E-state index contributed by atoms with van der Waals surface area (Å²) in [6, 6.07) is -26.1. The summed E-state index contributed by atoms with van der Waals surface area (Å²) in [5, 5.41) is -6.48. The summed E-state index contributed by atoms with van der Waals surface area (Å²) >= 11 is 0. The summed E-state index contributed by atoms with van der Waals surface area (Å²) < 4.78 is 251. The first-order valence-corrected chi connectivity index (χ1v) is 13.0. The van der Waals surface area contributed by atoms with Gasteiger partial charge in [-0.3, -0.25) is 0 Å². The Morgan fingerprint density at radius 3 is 1.32 bits per heavy atom. The van der Waals surface area contributed by atoms with Gasteiger partial charge in [-0.25, -0.2) is 0 Å². The SMILES string of the molecule is [2H]c1c([2H])c(-c2c3c([2H])c([2H])c([2H])c([2H])c3c(-c3c([2H])c([2H])c4c([2H])c([2H])c5c([2H])c([2H])c([2H])c([2H])c5c4c3[2H])c3c([2H])c([2H])c([2H])c([2H])c23)c([2H])c([2H])c1-c1c([2H])c([2H])c2c([2H])c([2H])c([2H])c([2H])c2c1[2H]. The number of rotatable bonds is 3. The molecule has 0 heterocycles. The fourth-order valence-electron chi connectivity index (χ4n) is 5.12. The standard InChI is InChI=1S/C44H28/c1-2-11-34-27-35(25-19-29(34)9-1)30-17-23-33(24-18-30)43-38-13-5-7-15-40(38)44(41-16-8-6-14-39(41)43)36-26-22-32-21-20-31-10-3-4-12-37(31)42(32)28-36/h1-28H/i1D,2D,3D,4D,5D,6D,7D,8D,9D,10D,11D,12D,13D,14D,15D,16D,17D,18D,19D,20D,21D,22D,23D,24D,25D,26D,27D,28D. The van der Waals surface area contributed by atoms with Gasteiger partial charge in [-0.2, -0.15) is 0 Å². The van der Waals surface area contributed by atoms with Crippen LogP contribution >= 0.6 is 0 Å². The van der Waals surface area contributed by atoms with Crippen molar-refractivity contribution < 1.29 is 38.4 Å². The largest absolute Gasteiger partial charge is 0.0636 e. The lowest BCUT2D eigenvalue weighted by Crippen LogP contribution is -1.91. The van der Waals surface area contributed by atoms with Crippen LogP contribution in [0.2, 0.25) is 0 Å². The van der Waals surface area contributed by atoms with Crippen molar-refractivity contribution in [3.63, 3.8) is 0 Å². The van der Waals surface area contributed by atoms with Crippen molar-refractivity contribution in [2.45, 2.75) is 0 Å². The summed E-state index contributed by atoms with van der Waals surface area (Å²) in [7, 11) is 0. The Balaban J connectivity index is 1.56. The van der Waals surface area contributed by atoms with Crippen LogP contribution in [-0.2, 0) is 0 Å². The molecule has 0 nitrogen and oxygen atoms in total. The normalized spacial score (nSPS) is 20.5. The highest BCUT2D eigenvalue weighted by Gasteiger charge is 2.17. The van der Waals surface area contributed by atoms with Crippen LogP contribution in [0.15, 0.2) is 169 Å². The highest BCUT2D eigenvalue weighted by Crippen LogP contribution is 2.44. The molecule has 0 aliphatic carbocycles. The lowest BCUT2D eigenvalue weighted by atomic mass is 9.85. The van der Waals surface area contributed by atoms with Crippen molar-refractivity contribution in [1.29, 1.82) is 0 Å². The first-order chi connectivity index (χ1) is 33.5. The maximum Gasteiger partial charge on any atom is 0.0636 e. The Hall–Kier alpha value is -5.72. The summed E-state index contributed by atoms with van der Waals surface area (Å²) in [6.45, 7) is 0. The second-order valence-corrected chi connectivity index (χ2v) is 9.50. The molecule has 0 atom stereocenters. The Morgan fingerprint density at radius 2 is 0.659 bits per heavy atom. The van der Waals surface area contributed by atoms with E-state index < -0.39 is 256 Å². The quantitative estimate of drug-likeness (QED) is 0.143. The Bertz CT molecular complexity index is 4010. The predicted octanol–water partition coefficient (Wildman–Crippen LogP) is 12.5. The van der Waals surface area contributed by atoms with E-state index >= 15 is 0 Å². The zero-order chi connectivity index (χ0) is 53.4. The fourth-order valence-corrected chi connectivity index (χ4v) is 5.12. The van der Waals surface area contributed by atoms with Gasteiger partial charge in [0.25, 0.3) is 0 Å². The lowest BCUT2D eigenvalue weighted by Gasteiger charge is -2.18. The minimum absolute atomic E-state index is 0.539. The van der Waals surface area contributed by atoms with Crippen molar-refractivity contribution in [2.75, 3.05) is 0 Å². The Labute approximate surface area is 295 Å². The smallest absolute Gasteiger partial charge is 0.0616 e. The maximum atomic E-state index is 9.76. The minimum Gasteiger partial charge on any atom is -0.0616 e. The molecular weight excluding hydrogens is 528 g/mol. The molecule has 0 saturated heterocycles. The first-order valence-electron chi connectivity index (χ1n) is 27.0. The topological polar surface area (TPSA) is 0 Å². The first kappa shape index (κ1) is 9.64. The van der Waals surface area contributed by atoms with Crippen LogP contribution in [0.25, 0.3) is 87.2 Å². The molecule has 0 saturated carbocycles. The van der Waals surface area contributed by atoms with E-state index in [1.807, 2.05) is 0 Å². The van der Waals surface area contributed by atoms with E-state index in [0.29, 0.717) is 0 Å². The molecule has 0 heteroatoms. The molecule has 0 fully saturated rings. The van der Waals surface area contributed by atoms with Gasteiger partial charge < -0.3 is 0 Å². The molecule has 0 radical (unpaired) electrons. The van der Waals surface area contributed by atoms with Gasteiger partial charge in [0, 0.05) is 0 Å². The fraction of sp³-hybridized carbons (Fsp3) is 0. The van der Waals surface area contributed by atoms with Crippen LogP contribution in [0.5, 0.6) is 0 Å². The van der Waals surface area contributed by atoms with E-state index in [0.717, 1.165) is 0 Å². The van der Waals surface area contributed by atoms with Gasteiger partial charge in [0.1, 0.15) is 0 Å². The second kappa shape index (κ2) is 9.93. The molecule has 0 spiro atoms. The summed E-state index contributed by atoms with van der Waals surface area (Å²) in [5.41, 5.74) is -4.79. The van der Waals surface area contributed by atoms with Crippen molar-refractivity contribution >= 4 is 53.9 Å². The third kappa shape index (κ3) is 3.92. The van der Waals surface area contributed by atoms with E-state index in [1.54, 1.807) is 0 Å². The predicted molar refractivity (Wildman–Crippen MR) is 190 cm³/mol. The molecule has 9 aromatic rings. The van der Waals surface area contributed by atoms with Crippen molar-refractivity contribution in [3.8, 4) is 33.4 Å². The maximum absolute atomic E-state index is 9.76. The van der Waals surface area contributed by atoms with Crippen molar-refractivity contribution in [3.05, 3.63) is 169 Å². The summed E-state index contributed by atoms with van der Waals surface area (Å²) in [5.74, 6) is 0. The second-order valence-electron chi connectivity index (χ2n) is 9.50. The molecule has 9 rings (SSSR count). The average molecular weight is 585 g/mol. The molecule has 0 bridgehead atoms. The van der Waals surface area contributed by atoms with E-state index in [2.05, 4.69) is 0 Å². The number of fused-ring (bicyclic) bond motifs is 6. The van der Waals surface area contributed by atoms with Gasteiger partial charge in [-0.15, -0.1) is 0 Å². The molecule has 0 aliphatic heterocycles. The highest BCUT2D eigenvalue weighted by molar-refractivity contribution is 6.22. The third-order valence-electron chi connectivity index (χ3n) is 7.06. The molecule has 9 aromatic carbocycles. The minimum atomic E-state index is -1.10. The molecule has 0 aromatic heterocycles. The van der Waals surface area contributed by atoms with Gasteiger partial charge >= 0.3 is 0 Å². The average Bonchev–Trinajstić information content (AvgIpc) is 3.34. The highest BCUT2D eigenvalue weighted by atomic mass is 14.2. The Kier molecular flexibility index (Phi) is 2.18. The molecular formula is C44H28. The van der Waals surface area contributed by atoms with Gasteiger partial charge in [0.05, 0.1) is 38.4 Å². The number of hydrogen-bond acceptors (Lipinski definition) is 0. The third-order valence-corrected chi connectivity index (χ3v) is 7.06. The van der Waals surface area contributed by atoms with E-state index in [9.17, 15) is 15.1 Å². The summed E-state index contributed by atoms with van der Waals surface area (Å²) in [4.78, 5) is 0. The summed E-state index contributed by atoms with van der Waals surface area (Å²) in [6.07, 6.45) is 0. The molecule has 0 unspecified atom stereocenters. The molecule has 0 amide bonds. The van der Waals surface area contributed by atoms with Crippen LogP contribution in [0, 0.1) is 0 Å². The van der Waals surface area contributed by atoms with Gasteiger partial charge in [0.15, 0.2) is 0 Å². The molecule has 0 N–H and O–H groups in total. The van der Waals surface area contributed by atoms with Gasteiger partial charge in [0.2, 0.25) is 0 Å². The van der Waals surface area contributed by atoms with E-state index in [4.69, 9.17) is 23.3 Å². The van der Waals surface area contributed by atoms with E-state index in [-0.39, 0.29) is 0 Å². The zero-order valence-electron chi connectivity index (χ0n) is 50.0. The molecule has 0 aliphatic rings. The van der Waals surface area contributed by atoms with Crippen LogP contribution in [0.4, 0.5) is 0 Å². The zero-order valence-corrected chi connectivity index (χ0v) is 22.0. The van der Waals surface area contributed by atoms with Gasteiger partial charge in [-0.05, 0) is 99.3 Å². The van der Waals surface area contributed by atoms with Crippen LogP contribution in [0.1, 0.15) is 38.4 Å². The van der Waals surface area contributed by atoms with Crippen LogP contribution in [0.3, 0.4) is 0 Å². The number of benzene rings is 9. The van der Waals surface area contributed by atoms with Crippen LogP contribution < -0.4 is 0 Å². The van der Waals surface area contributed by atoms with Crippen molar-refractivity contribution in [2.24, 2.45) is 0 Å². The van der Waals surface area contributed by atoms with E-state index in [1.165, 1.54) is 0 Å². The molecule has 44 heavy (non-hydrogen) atoms. The van der Waals surface area contributed by atoms with Gasteiger partial charge in [-0.1, -0.05) is 157 Å². The molecule has 204 valence electrons. The Morgan fingerprint density at radius 1 is 0.250 bits per heavy atom. The van der Waals surface area contributed by atoms with Crippen LogP contribution in [-0.4, -0.2) is 0 Å². The lowest BCUT2D eigenvalue weighted by molar-refractivity contribution is 1.63. The number of hydrogen-bond donors (Lipinski definition) is 0. The monoisotopic (exact) mass is 584 g/mol.